The second-order valence-corrected chi connectivity index (χ2v) is 19.4. The molecule has 0 radical (unpaired) electrons. The number of anilines is 4. The fourth-order valence-electron chi connectivity index (χ4n) is 5.40. The van der Waals surface area contributed by atoms with Crippen molar-refractivity contribution in [2.24, 2.45) is 49.4 Å². The number of nitrogens with two attached hydrogens (primary N) is 6. The van der Waals surface area contributed by atoms with Crippen molar-refractivity contribution >= 4 is 122 Å². The van der Waals surface area contributed by atoms with Gasteiger partial charge in [-0.05, 0) is 68.8 Å². The SMILES string of the molecule is C=C(/C=C(\N=CC)C(=O)Nc1cc(Br)cc(NC(=O)CCCCN=C(N)N)c1S(=O)(=O)CCN)C(=O)Nc1cc(Br)cc(NC(=O)CCCCN=C(N)N)c1S(=C)(=O)CCN. The number of carbonyl (C=O) groups excluding carboxylic acids is 4. The molecular formula is C37H53Br2N13O7S2. The molecule has 2 rings (SSSR count). The third-order valence-corrected chi connectivity index (χ3v) is 12.8. The van der Waals surface area contributed by atoms with Crippen molar-refractivity contribution < 1.29 is 31.8 Å². The molecule has 0 aliphatic rings. The Hall–Kier alpha value is -5.14. The van der Waals surface area contributed by atoms with Crippen LogP contribution in [0.25, 0.3) is 0 Å². The molecular weight excluding hydrogens is 962 g/mol. The summed E-state index contributed by atoms with van der Waals surface area (Å²) in [5.74, 6) is 0.339. The molecule has 24 heteroatoms. The molecule has 334 valence electrons. The summed E-state index contributed by atoms with van der Waals surface area (Å²) < 4.78 is 41.8. The highest BCUT2D eigenvalue weighted by Gasteiger charge is 2.27. The predicted molar refractivity (Wildman–Crippen MR) is 252 cm³/mol. The zero-order chi connectivity index (χ0) is 45.9. The Morgan fingerprint density at radius 2 is 1.11 bits per heavy atom. The van der Waals surface area contributed by atoms with Crippen molar-refractivity contribution in [2.45, 2.75) is 55.2 Å². The molecule has 1 unspecified atom stereocenters. The first-order valence-corrected chi connectivity index (χ1v) is 23.7. The van der Waals surface area contributed by atoms with E-state index in [2.05, 4.69) is 80.6 Å². The highest BCUT2D eigenvalue weighted by Crippen LogP contribution is 2.36. The predicted octanol–water partition coefficient (Wildman–Crippen LogP) is 1.85. The van der Waals surface area contributed by atoms with Crippen LogP contribution in [-0.2, 0) is 38.5 Å². The van der Waals surface area contributed by atoms with Crippen molar-refractivity contribution in [1.29, 1.82) is 0 Å². The average molecular weight is 1020 g/mol. The highest BCUT2D eigenvalue weighted by molar-refractivity contribution is 9.10. The van der Waals surface area contributed by atoms with Gasteiger partial charge in [0, 0.05) is 75.0 Å². The summed E-state index contributed by atoms with van der Waals surface area (Å²) in [5.41, 5.74) is 31.8. The van der Waals surface area contributed by atoms with Crippen LogP contribution in [-0.4, -0.2) is 97.9 Å². The lowest BCUT2D eigenvalue weighted by atomic mass is 10.2. The van der Waals surface area contributed by atoms with Gasteiger partial charge in [0.1, 0.15) is 10.6 Å². The van der Waals surface area contributed by atoms with Crippen LogP contribution in [0.15, 0.2) is 81.9 Å². The molecule has 4 amide bonds. The van der Waals surface area contributed by atoms with Crippen molar-refractivity contribution in [2.75, 3.05) is 59.0 Å². The lowest BCUT2D eigenvalue weighted by Crippen LogP contribution is -2.23. The summed E-state index contributed by atoms with van der Waals surface area (Å²) in [6.07, 6.45) is 4.22. The number of carbonyl (C=O) groups is 4. The van der Waals surface area contributed by atoms with E-state index in [1.165, 1.54) is 37.4 Å². The van der Waals surface area contributed by atoms with E-state index in [4.69, 9.17) is 34.4 Å². The standard InChI is InChI=1S/C37H53Br2N13O7S2/c1-4-46-29(35(56)52-28-21-24(39)20-27(33(28)61(58,59)16-12-41)50-31(54)10-6-8-14-48-37(44)45)17-22(2)34(55)51-26-19-23(38)18-25(32(26)60(3,57)15-11-40)49-30(53)9-5-7-13-47-36(42)43/h4,17-21H,2-3,5-16,40-41H2,1H3,(H,49,53)(H,50,54)(H,51,55)(H,52,56)(H4,42,43,47)(H4,44,45,48)/b29-17-,46-4?. The molecule has 0 saturated heterocycles. The Labute approximate surface area is 372 Å². The summed E-state index contributed by atoms with van der Waals surface area (Å²) in [5, 5.41) is 10.5. The second kappa shape index (κ2) is 25.0. The summed E-state index contributed by atoms with van der Waals surface area (Å²) in [4.78, 5) is 64.8. The first-order chi connectivity index (χ1) is 28.6. The molecule has 20 nitrogen and oxygen atoms in total. The molecule has 0 aromatic heterocycles. The molecule has 0 saturated carbocycles. The van der Waals surface area contributed by atoms with Gasteiger partial charge in [-0.25, -0.2) is 8.42 Å². The topological polar surface area (TPSA) is 361 Å². The number of amides is 4. The van der Waals surface area contributed by atoms with E-state index in [9.17, 15) is 31.8 Å². The maximum Gasteiger partial charge on any atom is 0.274 e. The number of halogens is 2. The molecule has 0 aliphatic carbocycles. The molecule has 0 spiro atoms. The summed E-state index contributed by atoms with van der Waals surface area (Å²) in [6.45, 7) is 5.62. The zero-order valence-electron chi connectivity index (χ0n) is 33.6. The van der Waals surface area contributed by atoms with Gasteiger partial charge in [-0.1, -0.05) is 38.4 Å². The van der Waals surface area contributed by atoms with Crippen LogP contribution < -0.4 is 55.7 Å². The highest BCUT2D eigenvalue weighted by atomic mass is 79.9. The van der Waals surface area contributed by atoms with Crippen LogP contribution in [0, 0.1) is 0 Å². The Morgan fingerprint density at radius 1 is 0.689 bits per heavy atom. The van der Waals surface area contributed by atoms with E-state index in [-0.39, 0.29) is 82.5 Å². The van der Waals surface area contributed by atoms with Crippen LogP contribution in [0.4, 0.5) is 22.7 Å². The lowest BCUT2D eigenvalue weighted by molar-refractivity contribution is -0.117. The smallest absolute Gasteiger partial charge is 0.274 e. The number of hydrogen-bond donors (Lipinski definition) is 10. The van der Waals surface area contributed by atoms with E-state index >= 15 is 0 Å². The zero-order valence-corrected chi connectivity index (χ0v) is 38.4. The van der Waals surface area contributed by atoms with Gasteiger partial charge in [0.2, 0.25) is 11.8 Å². The Morgan fingerprint density at radius 3 is 1.56 bits per heavy atom. The summed E-state index contributed by atoms with van der Waals surface area (Å²) in [6, 6.07) is 5.64. The largest absolute Gasteiger partial charge is 0.370 e. The maximum atomic E-state index is 14.0. The molecule has 61 heavy (non-hydrogen) atoms. The Balaban J connectivity index is 2.50. The van der Waals surface area contributed by atoms with Gasteiger partial charge in [-0.3, -0.25) is 38.4 Å². The molecule has 2 aromatic carbocycles. The number of sulfone groups is 1. The van der Waals surface area contributed by atoms with E-state index in [1.54, 1.807) is 0 Å². The molecule has 16 N–H and O–H groups in total. The number of guanidine groups is 2. The van der Waals surface area contributed by atoms with Crippen molar-refractivity contribution in [3.63, 3.8) is 0 Å². The van der Waals surface area contributed by atoms with Gasteiger partial charge >= 0.3 is 0 Å². The third kappa shape index (κ3) is 17.4. The Bertz CT molecular complexity index is 2310. The van der Waals surface area contributed by atoms with Crippen LogP contribution >= 0.6 is 31.9 Å². The number of hydrogen-bond acceptors (Lipinski definition) is 12. The molecule has 0 fully saturated rings. The fraction of sp³-hybridized carbons (Fsp3) is 0.351. The Kier molecular flexibility index (Phi) is 21.3. The summed E-state index contributed by atoms with van der Waals surface area (Å²) >= 11 is 6.68. The molecule has 0 heterocycles. The van der Waals surface area contributed by atoms with Gasteiger partial charge in [-0.15, -0.1) is 0 Å². The molecule has 1 atom stereocenters. The van der Waals surface area contributed by atoms with Crippen LogP contribution in [0.3, 0.4) is 0 Å². The number of aliphatic imine (C=N–C) groups is 3. The van der Waals surface area contributed by atoms with Gasteiger partial charge < -0.3 is 55.7 Å². The number of rotatable bonds is 24. The van der Waals surface area contributed by atoms with E-state index in [1.807, 2.05) is 0 Å². The minimum atomic E-state index is -4.21. The quantitative estimate of drug-likeness (QED) is 0.0180. The first kappa shape index (κ1) is 52.0. The molecule has 0 bridgehead atoms. The van der Waals surface area contributed by atoms with Crippen LogP contribution in [0.1, 0.15) is 45.4 Å². The number of benzene rings is 2. The molecule has 2 aromatic rings. The van der Waals surface area contributed by atoms with Crippen LogP contribution in [0.2, 0.25) is 0 Å². The number of nitrogens with one attached hydrogen (secondary N) is 4. The number of unbranched alkanes of at least 4 members (excludes halogenated alkanes) is 2. The van der Waals surface area contributed by atoms with Crippen molar-refractivity contribution in [3.05, 3.63) is 57.1 Å². The van der Waals surface area contributed by atoms with Gasteiger partial charge in [-0.2, -0.15) is 0 Å². The minimum Gasteiger partial charge on any atom is -0.370 e. The van der Waals surface area contributed by atoms with E-state index < -0.39 is 53.6 Å². The van der Waals surface area contributed by atoms with Crippen molar-refractivity contribution in [3.8, 4) is 0 Å². The van der Waals surface area contributed by atoms with Gasteiger partial charge in [0.25, 0.3) is 11.8 Å². The normalized spacial score (nSPS) is 12.5. The average Bonchev–Trinajstić information content (AvgIpc) is 3.13. The third-order valence-electron chi connectivity index (χ3n) is 7.99. The maximum absolute atomic E-state index is 14.0. The fourth-order valence-corrected chi connectivity index (χ4v) is 9.33. The molecule has 0 aliphatic heterocycles. The van der Waals surface area contributed by atoms with Crippen molar-refractivity contribution in [1.82, 2.24) is 0 Å². The summed E-state index contributed by atoms with van der Waals surface area (Å²) in [7, 11) is -7.44. The van der Waals surface area contributed by atoms with E-state index in [0.29, 0.717) is 47.7 Å². The monoisotopic (exact) mass is 1010 g/mol. The van der Waals surface area contributed by atoms with Gasteiger partial charge in [0.05, 0.1) is 33.4 Å². The van der Waals surface area contributed by atoms with Crippen LogP contribution in [0.5, 0.6) is 0 Å². The minimum absolute atomic E-state index is 0.00246. The van der Waals surface area contributed by atoms with E-state index in [0.717, 1.165) is 6.08 Å². The lowest BCUT2D eigenvalue weighted by Gasteiger charge is -2.20. The second-order valence-electron chi connectivity index (χ2n) is 13.0. The number of nitrogens with zero attached hydrogens (tertiary/aromatic N) is 3. The van der Waals surface area contributed by atoms with Gasteiger partial charge in [0.15, 0.2) is 21.8 Å². The first-order valence-electron chi connectivity index (χ1n) is 18.5.